The Hall–Kier alpha value is -1.55. The van der Waals surface area contributed by atoms with E-state index >= 15 is 0 Å². The van der Waals surface area contributed by atoms with Crippen molar-refractivity contribution in [2.45, 2.75) is 6.61 Å². The number of halogens is 2. The molecule has 1 aromatic heterocycles. The lowest BCUT2D eigenvalue weighted by molar-refractivity contribution is 0.111. The summed E-state index contributed by atoms with van der Waals surface area (Å²) in [5.74, 6) is 0.367. The van der Waals surface area contributed by atoms with Crippen LogP contribution in [0.4, 0.5) is 0 Å². The second kappa shape index (κ2) is 6.06. The maximum atomic E-state index is 11.1. The molecule has 0 spiro atoms. The number of carbonyl (C=O) groups excluding carboxylic acids is 1. The largest absolute Gasteiger partial charge is 0.487 e. The van der Waals surface area contributed by atoms with Crippen molar-refractivity contribution in [1.82, 2.24) is 0 Å². The van der Waals surface area contributed by atoms with Gasteiger partial charge in [-0.3, -0.25) is 4.79 Å². The summed E-state index contributed by atoms with van der Waals surface area (Å²) in [5.41, 5.74) is 1.42. The normalized spacial score (nSPS) is 10.8. The number of benzene rings is 2. The van der Waals surface area contributed by atoms with Crippen LogP contribution in [0, 0.1) is 0 Å². The first-order valence-electron chi connectivity index (χ1n) is 6.21. The fourth-order valence-corrected chi connectivity index (χ4v) is 3.63. The Balaban J connectivity index is 1.90. The van der Waals surface area contributed by atoms with Gasteiger partial charge in [0.1, 0.15) is 12.4 Å². The monoisotopic (exact) mass is 336 g/mol. The van der Waals surface area contributed by atoms with Crippen LogP contribution in [0.25, 0.3) is 10.1 Å². The van der Waals surface area contributed by atoms with Crippen molar-refractivity contribution < 1.29 is 9.53 Å². The molecule has 5 heteroatoms. The molecule has 0 saturated heterocycles. The van der Waals surface area contributed by atoms with E-state index in [-0.39, 0.29) is 0 Å². The summed E-state index contributed by atoms with van der Waals surface area (Å²) in [5, 5.41) is 3.95. The molecule has 106 valence electrons. The summed E-state index contributed by atoms with van der Waals surface area (Å²) in [6.45, 7) is 0.353. The summed E-state index contributed by atoms with van der Waals surface area (Å²) in [6.07, 6.45) is 0.693. The van der Waals surface area contributed by atoms with Gasteiger partial charge in [0, 0.05) is 15.3 Å². The van der Waals surface area contributed by atoms with E-state index in [4.69, 9.17) is 27.9 Å². The lowest BCUT2D eigenvalue weighted by Crippen LogP contribution is -1.98. The van der Waals surface area contributed by atoms with Crippen LogP contribution >= 0.6 is 34.5 Å². The minimum atomic E-state index is 0.337. The predicted molar refractivity (Wildman–Crippen MR) is 88.0 cm³/mol. The Morgan fingerprint density at radius 2 is 2.00 bits per heavy atom. The van der Waals surface area contributed by atoms with Crippen LogP contribution in [0.5, 0.6) is 5.75 Å². The fourth-order valence-electron chi connectivity index (χ4n) is 2.11. The van der Waals surface area contributed by atoms with Gasteiger partial charge in [-0.2, -0.15) is 0 Å². The predicted octanol–water partition coefficient (Wildman–Crippen LogP) is 5.60. The standard InChI is InChI=1S/C16H10Cl2O2S/c17-12-5-10(7-19)16(14(18)6-12)20-8-11-9-21-15-4-2-1-3-13(11)15/h1-7,9H,8H2. The first-order chi connectivity index (χ1) is 10.2. The highest BCUT2D eigenvalue weighted by Crippen LogP contribution is 2.33. The lowest BCUT2D eigenvalue weighted by Gasteiger charge is -2.10. The van der Waals surface area contributed by atoms with Crippen LogP contribution in [0.15, 0.2) is 41.8 Å². The van der Waals surface area contributed by atoms with E-state index in [0.717, 1.165) is 10.9 Å². The van der Waals surface area contributed by atoms with E-state index in [1.165, 1.54) is 4.70 Å². The van der Waals surface area contributed by atoms with Gasteiger partial charge >= 0.3 is 0 Å². The number of fused-ring (bicyclic) bond motifs is 1. The summed E-state index contributed by atoms with van der Waals surface area (Å²) in [7, 11) is 0. The molecule has 3 rings (SSSR count). The maximum Gasteiger partial charge on any atom is 0.153 e. The zero-order chi connectivity index (χ0) is 14.8. The van der Waals surface area contributed by atoms with Crippen molar-refractivity contribution in [2.24, 2.45) is 0 Å². The second-order valence-corrected chi connectivity index (χ2v) is 6.22. The van der Waals surface area contributed by atoms with Crippen molar-refractivity contribution in [3.63, 3.8) is 0 Å². The van der Waals surface area contributed by atoms with Crippen LogP contribution in [0.1, 0.15) is 15.9 Å². The molecule has 2 nitrogen and oxygen atoms in total. The minimum Gasteiger partial charge on any atom is -0.487 e. The van der Waals surface area contributed by atoms with Crippen molar-refractivity contribution in [3.8, 4) is 5.75 Å². The third-order valence-electron chi connectivity index (χ3n) is 3.10. The molecule has 1 heterocycles. The second-order valence-electron chi connectivity index (χ2n) is 4.47. The van der Waals surface area contributed by atoms with E-state index in [9.17, 15) is 4.79 Å². The number of hydrogen-bond donors (Lipinski definition) is 0. The number of thiophene rings is 1. The molecule has 0 fully saturated rings. The molecule has 0 atom stereocenters. The fraction of sp³-hybridized carbons (Fsp3) is 0.0625. The Bertz CT molecular complexity index is 811. The van der Waals surface area contributed by atoms with Gasteiger partial charge in [-0.05, 0) is 29.0 Å². The Labute approximate surface area is 135 Å². The molecule has 0 bridgehead atoms. The van der Waals surface area contributed by atoms with Gasteiger partial charge in [0.05, 0.1) is 10.6 Å². The summed E-state index contributed by atoms with van der Waals surface area (Å²) < 4.78 is 6.95. The molecular formula is C16H10Cl2O2S. The number of aldehydes is 1. The molecule has 2 aromatic carbocycles. The van der Waals surface area contributed by atoms with Crippen molar-refractivity contribution >= 4 is 50.9 Å². The molecule has 0 radical (unpaired) electrons. The number of carbonyl (C=O) groups is 1. The highest BCUT2D eigenvalue weighted by Gasteiger charge is 2.12. The number of ether oxygens (including phenoxy) is 1. The van der Waals surface area contributed by atoms with Gasteiger partial charge < -0.3 is 4.74 Å². The number of rotatable bonds is 4. The topological polar surface area (TPSA) is 26.3 Å². The van der Waals surface area contributed by atoms with Crippen LogP contribution in [0.2, 0.25) is 10.0 Å². The van der Waals surface area contributed by atoms with E-state index in [2.05, 4.69) is 17.5 Å². The lowest BCUT2D eigenvalue weighted by atomic mass is 10.2. The van der Waals surface area contributed by atoms with Crippen LogP contribution in [-0.4, -0.2) is 6.29 Å². The Morgan fingerprint density at radius 3 is 2.81 bits per heavy atom. The van der Waals surface area contributed by atoms with Crippen LogP contribution in [0.3, 0.4) is 0 Å². The van der Waals surface area contributed by atoms with Gasteiger partial charge in [0.25, 0.3) is 0 Å². The first kappa shape index (κ1) is 14.4. The molecule has 0 saturated carbocycles. The molecule has 3 aromatic rings. The number of hydrogen-bond acceptors (Lipinski definition) is 3. The van der Waals surface area contributed by atoms with Gasteiger partial charge in [-0.25, -0.2) is 0 Å². The zero-order valence-corrected chi connectivity index (χ0v) is 13.1. The summed E-state index contributed by atoms with van der Waals surface area (Å²) in [6, 6.07) is 11.2. The van der Waals surface area contributed by atoms with E-state index in [1.807, 2.05) is 12.1 Å². The molecular weight excluding hydrogens is 327 g/mol. The van der Waals surface area contributed by atoms with Crippen molar-refractivity contribution in [1.29, 1.82) is 0 Å². The minimum absolute atomic E-state index is 0.337. The molecule has 0 amide bonds. The molecule has 0 aliphatic heterocycles. The van der Waals surface area contributed by atoms with Gasteiger partial charge in [-0.15, -0.1) is 11.3 Å². The third-order valence-corrected chi connectivity index (χ3v) is 4.61. The Morgan fingerprint density at radius 1 is 1.19 bits per heavy atom. The van der Waals surface area contributed by atoms with Crippen LogP contribution in [-0.2, 0) is 6.61 Å². The zero-order valence-electron chi connectivity index (χ0n) is 10.8. The highest BCUT2D eigenvalue weighted by atomic mass is 35.5. The van der Waals surface area contributed by atoms with Crippen molar-refractivity contribution in [3.05, 3.63) is 63.0 Å². The van der Waals surface area contributed by atoms with E-state index in [1.54, 1.807) is 23.5 Å². The average Bonchev–Trinajstić information content (AvgIpc) is 2.89. The van der Waals surface area contributed by atoms with Gasteiger partial charge in [-0.1, -0.05) is 41.4 Å². The maximum absolute atomic E-state index is 11.1. The molecule has 0 unspecified atom stereocenters. The van der Waals surface area contributed by atoms with E-state index < -0.39 is 0 Å². The molecule has 21 heavy (non-hydrogen) atoms. The smallest absolute Gasteiger partial charge is 0.153 e. The highest BCUT2D eigenvalue weighted by molar-refractivity contribution is 7.17. The molecule has 0 N–H and O–H groups in total. The van der Waals surface area contributed by atoms with Crippen molar-refractivity contribution in [2.75, 3.05) is 0 Å². The van der Waals surface area contributed by atoms with Gasteiger partial charge in [0.2, 0.25) is 0 Å². The average molecular weight is 337 g/mol. The molecule has 0 aliphatic carbocycles. The van der Waals surface area contributed by atoms with Crippen LogP contribution < -0.4 is 4.74 Å². The first-order valence-corrected chi connectivity index (χ1v) is 7.84. The van der Waals surface area contributed by atoms with Gasteiger partial charge in [0.15, 0.2) is 6.29 Å². The quantitative estimate of drug-likeness (QED) is 0.579. The molecule has 0 aliphatic rings. The summed E-state index contributed by atoms with van der Waals surface area (Å²) >= 11 is 13.6. The summed E-state index contributed by atoms with van der Waals surface area (Å²) in [4.78, 5) is 11.1. The third kappa shape index (κ3) is 2.91. The Kier molecular flexibility index (Phi) is 4.15. The SMILES string of the molecule is O=Cc1cc(Cl)cc(Cl)c1OCc1csc2ccccc12. The van der Waals surface area contributed by atoms with E-state index in [0.29, 0.717) is 34.3 Å².